The number of amides is 1. The summed E-state index contributed by atoms with van der Waals surface area (Å²) < 4.78 is 5.67. The number of rotatable bonds is 2. The van der Waals surface area contributed by atoms with Crippen LogP contribution in [-0.4, -0.2) is 29.7 Å². The summed E-state index contributed by atoms with van der Waals surface area (Å²) in [5.41, 5.74) is 1.79. The number of piperazine rings is 1. The van der Waals surface area contributed by atoms with Crippen molar-refractivity contribution in [2.45, 2.75) is 38.5 Å². The second-order valence-corrected chi connectivity index (χ2v) is 7.43. The van der Waals surface area contributed by atoms with Gasteiger partial charge in [0.2, 0.25) is 0 Å². The minimum Gasteiger partial charge on any atom is -0.444 e. The van der Waals surface area contributed by atoms with E-state index < -0.39 is 5.60 Å². The van der Waals surface area contributed by atoms with Crippen LogP contribution in [0.5, 0.6) is 0 Å². The van der Waals surface area contributed by atoms with E-state index in [1.165, 1.54) is 5.56 Å². The predicted molar refractivity (Wildman–Crippen MR) is 99.3 cm³/mol. The Labute approximate surface area is 149 Å². The maximum Gasteiger partial charge on any atom is 0.410 e. The number of nitrogens with one attached hydrogen (secondary N) is 1. The zero-order valence-electron chi connectivity index (χ0n) is 15.1. The minimum atomic E-state index is -0.508. The van der Waals surface area contributed by atoms with Gasteiger partial charge in [-0.2, -0.15) is 0 Å². The Bertz CT molecular complexity index is 695. The molecule has 4 heteroatoms. The van der Waals surface area contributed by atoms with E-state index in [4.69, 9.17) is 4.74 Å². The Morgan fingerprint density at radius 1 is 1.00 bits per heavy atom. The molecule has 2 aromatic carbocycles. The van der Waals surface area contributed by atoms with E-state index in [1.54, 1.807) is 0 Å². The van der Waals surface area contributed by atoms with Crippen LogP contribution >= 0.6 is 0 Å². The monoisotopic (exact) mass is 338 g/mol. The van der Waals surface area contributed by atoms with Crippen molar-refractivity contribution in [2.75, 3.05) is 13.1 Å². The van der Waals surface area contributed by atoms with Crippen LogP contribution in [0.1, 0.15) is 44.0 Å². The Hall–Kier alpha value is -2.33. The van der Waals surface area contributed by atoms with Crippen LogP contribution in [0.15, 0.2) is 60.7 Å². The third-order valence-corrected chi connectivity index (χ3v) is 4.33. The third-order valence-electron chi connectivity index (χ3n) is 4.33. The summed E-state index contributed by atoms with van der Waals surface area (Å²) >= 11 is 0. The average Bonchev–Trinajstić information content (AvgIpc) is 2.61. The van der Waals surface area contributed by atoms with Crippen molar-refractivity contribution in [2.24, 2.45) is 0 Å². The molecule has 1 N–H and O–H groups in total. The van der Waals surface area contributed by atoms with Crippen molar-refractivity contribution in [1.29, 1.82) is 0 Å². The molecule has 132 valence electrons. The van der Waals surface area contributed by atoms with Gasteiger partial charge in [-0.15, -0.1) is 0 Å². The molecule has 2 atom stereocenters. The van der Waals surface area contributed by atoms with E-state index in [1.807, 2.05) is 62.1 Å². The van der Waals surface area contributed by atoms with Crippen molar-refractivity contribution in [3.8, 4) is 0 Å². The maximum atomic E-state index is 12.9. The molecule has 1 fully saturated rings. The molecule has 25 heavy (non-hydrogen) atoms. The highest BCUT2D eigenvalue weighted by Crippen LogP contribution is 2.30. The lowest BCUT2D eigenvalue weighted by molar-refractivity contribution is 0.00696. The molecule has 0 spiro atoms. The Balaban J connectivity index is 1.85. The molecule has 0 aromatic heterocycles. The zero-order valence-corrected chi connectivity index (χ0v) is 15.1. The van der Waals surface area contributed by atoms with Crippen molar-refractivity contribution in [1.82, 2.24) is 10.2 Å². The molecule has 0 bridgehead atoms. The minimum absolute atomic E-state index is 0.0315. The van der Waals surface area contributed by atoms with E-state index in [0.29, 0.717) is 13.1 Å². The van der Waals surface area contributed by atoms with Gasteiger partial charge in [-0.3, -0.25) is 4.90 Å². The van der Waals surface area contributed by atoms with Gasteiger partial charge in [0.25, 0.3) is 0 Å². The van der Waals surface area contributed by atoms with Crippen molar-refractivity contribution in [3.05, 3.63) is 71.8 Å². The fourth-order valence-electron chi connectivity index (χ4n) is 3.16. The van der Waals surface area contributed by atoms with E-state index >= 15 is 0 Å². The maximum absolute atomic E-state index is 12.9. The summed E-state index contributed by atoms with van der Waals surface area (Å²) in [6, 6.07) is 20.4. The Morgan fingerprint density at radius 3 is 2.12 bits per heavy atom. The number of carbonyl (C=O) groups excluding carboxylic acids is 1. The molecule has 0 saturated carbocycles. The number of nitrogens with zero attached hydrogens (tertiary/aromatic N) is 1. The highest BCUT2D eigenvalue weighted by molar-refractivity contribution is 5.69. The van der Waals surface area contributed by atoms with Crippen LogP contribution in [0.2, 0.25) is 0 Å². The SMILES string of the molecule is CC(C)(C)OC(=O)N1C[C@H](c2ccccc2)NC[C@H]1c1ccccc1. The molecule has 1 saturated heterocycles. The predicted octanol–water partition coefficient (Wildman–Crippen LogP) is 4.31. The van der Waals surface area contributed by atoms with Crippen LogP contribution in [0.25, 0.3) is 0 Å². The van der Waals surface area contributed by atoms with Gasteiger partial charge in [-0.05, 0) is 31.9 Å². The first-order chi connectivity index (χ1) is 11.9. The van der Waals surface area contributed by atoms with E-state index in [-0.39, 0.29) is 18.2 Å². The van der Waals surface area contributed by atoms with Crippen LogP contribution in [0.4, 0.5) is 4.79 Å². The Kier molecular flexibility index (Phi) is 5.09. The van der Waals surface area contributed by atoms with E-state index in [0.717, 1.165) is 5.56 Å². The van der Waals surface area contributed by atoms with Gasteiger partial charge in [-0.25, -0.2) is 4.79 Å². The van der Waals surface area contributed by atoms with Crippen LogP contribution < -0.4 is 5.32 Å². The normalized spacial score (nSPS) is 21.0. The largest absolute Gasteiger partial charge is 0.444 e. The summed E-state index contributed by atoms with van der Waals surface area (Å²) in [5.74, 6) is 0. The molecule has 0 radical (unpaired) electrons. The molecule has 1 heterocycles. The lowest BCUT2D eigenvalue weighted by Crippen LogP contribution is -2.51. The first-order valence-electron chi connectivity index (χ1n) is 8.77. The van der Waals surface area contributed by atoms with Crippen LogP contribution in [0.3, 0.4) is 0 Å². The summed E-state index contributed by atoms with van der Waals surface area (Å²) in [5, 5.41) is 3.58. The number of ether oxygens (including phenoxy) is 1. The smallest absolute Gasteiger partial charge is 0.410 e. The highest BCUT2D eigenvalue weighted by atomic mass is 16.6. The lowest BCUT2D eigenvalue weighted by Gasteiger charge is -2.41. The van der Waals surface area contributed by atoms with Gasteiger partial charge < -0.3 is 10.1 Å². The molecule has 0 aliphatic carbocycles. The van der Waals surface area contributed by atoms with Crippen molar-refractivity contribution >= 4 is 6.09 Å². The quantitative estimate of drug-likeness (QED) is 0.887. The average molecular weight is 338 g/mol. The van der Waals surface area contributed by atoms with Gasteiger partial charge in [0, 0.05) is 13.1 Å². The second-order valence-electron chi connectivity index (χ2n) is 7.43. The lowest BCUT2D eigenvalue weighted by atomic mass is 9.98. The zero-order chi connectivity index (χ0) is 17.9. The molecule has 4 nitrogen and oxygen atoms in total. The van der Waals surface area contributed by atoms with Crippen molar-refractivity contribution in [3.63, 3.8) is 0 Å². The first kappa shape index (κ1) is 17.5. The number of hydrogen-bond donors (Lipinski definition) is 1. The Morgan fingerprint density at radius 2 is 1.56 bits per heavy atom. The highest BCUT2D eigenvalue weighted by Gasteiger charge is 2.35. The fraction of sp³-hybridized carbons (Fsp3) is 0.381. The van der Waals surface area contributed by atoms with E-state index in [2.05, 4.69) is 29.6 Å². The number of carbonyl (C=O) groups is 1. The summed E-state index contributed by atoms with van der Waals surface area (Å²) in [6.45, 7) is 6.99. The number of hydrogen-bond acceptors (Lipinski definition) is 3. The second kappa shape index (κ2) is 7.28. The van der Waals surface area contributed by atoms with Crippen LogP contribution in [-0.2, 0) is 4.74 Å². The van der Waals surface area contributed by atoms with Crippen LogP contribution in [0, 0.1) is 0 Å². The standard InChI is InChI=1S/C21H26N2O2/c1-21(2,3)25-20(24)23-15-18(16-10-6-4-7-11-16)22-14-19(23)17-12-8-5-9-13-17/h4-13,18-19,22H,14-15H2,1-3H3/t18-,19+/m1/s1. The molecule has 1 aliphatic rings. The topological polar surface area (TPSA) is 41.6 Å². The molecule has 3 rings (SSSR count). The third kappa shape index (κ3) is 4.40. The van der Waals surface area contributed by atoms with E-state index in [9.17, 15) is 4.79 Å². The summed E-state index contributed by atoms with van der Waals surface area (Å²) in [4.78, 5) is 14.7. The summed E-state index contributed by atoms with van der Waals surface area (Å²) in [6.07, 6.45) is -0.260. The van der Waals surface area contributed by atoms with Gasteiger partial charge in [0.15, 0.2) is 0 Å². The molecule has 0 unspecified atom stereocenters. The first-order valence-corrected chi connectivity index (χ1v) is 8.77. The summed E-state index contributed by atoms with van der Waals surface area (Å²) in [7, 11) is 0. The molecular weight excluding hydrogens is 312 g/mol. The van der Waals surface area contributed by atoms with Crippen molar-refractivity contribution < 1.29 is 9.53 Å². The molecular formula is C21H26N2O2. The molecule has 1 aliphatic heterocycles. The van der Waals surface area contributed by atoms with Gasteiger partial charge in [0.1, 0.15) is 5.60 Å². The van der Waals surface area contributed by atoms with Gasteiger partial charge in [0.05, 0.1) is 12.1 Å². The molecule has 2 aromatic rings. The van der Waals surface area contributed by atoms with Gasteiger partial charge >= 0.3 is 6.09 Å². The van der Waals surface area contributed by atoms with Gasteiger partial charge in [-0.1, -0.05) is 60.7 Å². The molecule has 1 amide bonds. The number of benzene rings is 2. The fourth-order valence-corrected chi connectivity index (χ4v) is 3.16.